The standard InChI is InChI=1S/C34H35ClN2O2/c1-2-22-36-34(39)32(23-26-12-6-3-7-13-26)37(25-27-18-20-30(35)21-19-27)33(38)24-31(28-14-8-4-9-15-28)29-16-10-5-11-17-29/h3-21,31-32H,2,22-25H2,1H3,(H,36,39)/t32-/m1/s1. The van der Waals surface area contributed by atoms with Gasteiger partial charge in [0.05, 0.1) is 0 Å². The lowest BCUT2D eigenvalue weighted by atomic mass is 9.87. The van der Waals surface area contributed by atoms with Crippen molar-refractivity contribution in [3.8, 4) is 0 Å². The Kier molecular flexibility index (Phi) is 10.3. The molecule has 0 fully saturated rings. The van der Waals surface area contributed by atoms with Crippen molar-refractivity contribution in [3.05, 3.63) is 143 Å². The van der Waals surface area contributed by atoms with Crippen molar-refractivity contribution in [2.75, 3.05) is 6.54 Å². The smallest absolute Gasteiger partial charge is 0.243 e. The number of nitrogens with one attached hydrogen (secondary N) is 1. The predicted molar refractivity (Wildman–Crippen MR) is 159 cm³/mol. The van der Waals surface area contributed by atoms with Gasteiger partial charge in [0.15, 0.2) is 0 Å². The second kappa shape index (κ2) is 14.3. The van der Waals surface area contributed by atoms with Gasteiger partial charge in [0.25, 0.3) is 0 Å². The Labute approximate surface area is 236 Å². The largest absolute Gasteiger partial charge is 0.354 e. The summed E-state index contributed by atoms with van der Waals surface area (Å²) in [4.78, 5) is 29.6. The minimum absolute atomic E-state index is 0.0739. The molecule has 1 atom stereocenters. The van der Waals surface area contributed by atoms with E-state index in [1.165, 1.54) is 0 Å². The zero-order valence-electron chi connectivity index (χ0n) is 22.3. The maximum absolute atomic E-state index is 14.3. The first kappa shape index (κ1) is 28.1. The van der Waals surface area contributed by atoms with E-state index in [4.69, 9.17) is 11.6 Å². The molecule has 5 heteroatoms. The number of rotatable bonds is 12. The Morgan fingerprint density at radius 3 is 1.82 bits per heavy atom. The van der Waals surface area contributed by atoms with E-state index in [0.717, 1.165) is 28.7 Å². The molecule has 4 rings (SSSR count). The second-order valence-corrected chi connectivity index (χ2v) is 10.2. The lowest BCUT2D eigenvalue weighted by Crippen LogP contribution is -2.50. The minimum atomic E-state index is -0.658. The van der Waals surface area contributed by atoms with Crippen LogP contribution in [0.3, 0.4) is 0 Å². The van der Waals surface area contributed by atoms with Crippen molar-refractivity contribution in [1.29, 1.82) is 0 Å². The molecule has 0 aliphatic rings. The zero-order chi connectivity index (χ0) is 27.5. The molecule has 0 bridgehead atoms. The fourth-order valence-electron chi connectivity index (χ4n) is 4.80. The molecule has 4 nitrogen and oxygen atoms in total. The Morgan fingerprint density at radius 2 is 1.28 bits per heavy atom. The van der Waals surface area contributed by atoms with E-state index in [1.54, 1.807) is 4.90 Å². The molecule has 0 saturated heterocycles. The van der Waals surface area contributed by atoms with Crippen LogP contribution in [-0.4, -0.2) is 29.3 Å². The number of carbonyl (C=O) groups is 2. The van der Waals surface area contributed by atoms with Gasteiger partial charge in [-0.15, -0.1) is 0 Å². The van der Waals surface area contributed by atoms with Crippen molar-refractivity contribution in [2.24, 2.45) is 0 Å². The van der Waals surface area contributed by atoms with Crippen molar-refractivity contribution in [1.82, 2.24) is 10.2 Å². The third-order valence-electron chi connectivity index (χ3n) is 6.87. The first-order valence-corrected chi connectivity index (χ1v) is 13.9. The van der Waals surface area contributed by atoms with Crippen molar-refractivity contribution in [3.63, 3.8) is 0 Å². The van der Waals surface area contributed by atoms with Crippen molar-refractivity contribution < 1.29 is 9.59 Å². The van der Waals surface area contributed by atoms with Crippen LogP contribution >= 0.6 is 11.6 Å². The number of hydrogen-bond donors (Lipinski definition) is 1. The summed E-state index contributed by atoms with van der Waals surface area (Å²) in [5.41, 5.74) is 4.06. The molecule has 0 aliphatic carbocycles. The fraction of sp³-hybridized carbons (Fsp3) is 0.235. The summed E-state index contributed by atoms with van der Waals surface area (Å²) in [5.74, 6) is -0.349. The lowest BCUT2D eigenvalue weighted by molar-refractivity contribution is -0.141. The molecule has 0 saturated carbocycles. The number of hydrogen-bond acceptors (Lipinski definition) is 2. The summed E-state index contributed by atoms with van der Waals surface area (Å²) in [7, 11) is 0. The summed E-state index contributed by atoms with van der Waals surface area (Å²) in [6, 6.07) is 36.9. The van der Waals surface area contributed by atoms with E-state index in [1.807, 2.05) is 97.9 Å². The second-order valence-electron chi connectivity index (χ2n) is 9.72. The maximum Gasteiger partial charge on any atom is 0.243 e. The van der Waals surface area contributed by atoms with E-state index in [0.29, 0.717) is 24.5 Å². The molecule has 1 N–H and O–H groups in total. The first-order chi connectivity index (χ1) is 19.0. The summed E-state index contributed by atoms with van der Waals surface area (Å²) >= 11 is 6.15. The van der Waals surface area contributed by atoms with E-state index in [2.05, 4.69) is 29.6 Å². The van der Waals surface area contributed by atoms with Crippen LogP contribution in [0.4, 0.5) is 0 Å². The third-order valence-corrected chi connectivity index (χ3v) is 7.12. The van der Waals surface area contributed by atoms with E-state index in [9.17, 15) is 9.59 Å². The molecule has 0 spiro atoms. The topological polar surface area (TPSA) is 49.4 Å². The van der Waals surface area contributed by atoms with Crippen LogP contribution in [0.15, 0.2) is 115 Å². The molecule has 2 amide bonds. The number of amides is 2. The van der Waals surface area contributed by atoms with E-state index >= 15 is 0 Å². The lowest BCUT2D eigenvalue weighted by Gasteiger charge is -2.33. The molecule has 200 valence electrons. The normalized spacial score (nSPS) is 11.7. The molecule has 39 heavy (non-hydrogen) atoms. The van der Waals surface area contributed by atoms with Gasteiger partial charge < -0.3 is 10.2 Å². The van der Waals surface area contributed by atoms with Gasteiger partial charge >= 0.3 is 0 Å². The van der Waals surface area contributed by atoms with E-state index < -0.39 is 6.04 Å². The molecule has 4 aromatic rings. The summed E-state index contributed by atoms with van der Waals surface area (Å²) in [6.45, 7) is 2.89. The Hall–Kier alpha value is -3.89. The SMILES string of the molecule is CCCNC(=O)[C@@H](Cc1ccccc1)N(Cc1ccc(Cl)cc1)C(=O)CC(c1ccccc1)c1ccccc1. The van der Waals surface area contributed by atoms with Gasteiger partial charge in [-0.1, -0.05) is 122 Å². The molecule has 0 aliphatic heterocycles. The number of carbonyl (C=O) groups excluding carboxylic acids is 2. The van der Waals surface area contributed by atoms with Gasteiger partial charge in [-0.05, 0) is 40.8 Å². The van der Waals surface area contributed by atoms with Gasteiger partial charge in [0.2, 0.25) is 11.8 Å². The van der Waals surface area contributed by atoms with Gasteiger partial charge in [-0.25, -0.2) is 0 Å². The number of nitrogens with zero attached hydrogens (tertiary/aromatic N) is 1. The van der Waals surface area contributed by atoms with Crippen LogP contribution in [0.2, 0.25) is 5.02 Å². The van der Waals surface area contributed by atoms with Gasteiger partial charge in [0.1, 0.15) is 6.04 Å². The Balaban J connectivity index is 1.71. The highest BCUT2D eigenvalue weighted by Crippen LogP contribution is 2.30. The van der Waals surface area contributed by atoms with Gasteiger partial charge in [-0.2, -0.15) is 0 Å². The molecule has 0 heterocycles. The highest BCUT2D eigenvalue weighted by atomic mass is 35.5. The summed E-state index contributed by atoms with van der Waals surface area (Å²) in [5, 5.41) is 3.68. The van der Waals surface area contributed by atoms with Gasteiger partial charge in [0, 0.05) is 36.9 Å². The minimum Gasteiger partial charge on any atom is -0.354 e. The average molecular weight is 539 g/mol. The third kappa shape index (κ3) is 8.05. The van der Waals surface area contributed by atoms with Crippen LogP contribution in [0.5, 0.6) is 0 Å². The monoisotopic (exact) mass is 538 g/mol. The number of halogens is 1. The molecular weight excluding hydrogens is 504 g/mol. The molecular formula is C34H35ClN2O2. The zero-order valence-corrected chi connectivity index (χ0v) is 23.1. The van der Waals surface area contributed by atoms with Crippen molar-refractivity contribution >= 4 is 23.4 Å². The van der Waals surface area contributed by atoms with Crippen LogP contribution in [0.1, 0.15) is 47.9 Å². The fourth-order valence-corrected chi connectivity index (χ4v) is 4.92. The van der Waals surface area contributed by atoms with Crippen LogP contribution < -0.4 is 5.32 Å². The summed E-state index contributed by atoms with van der Waals surface area (Å²) < 4.78 is 0. The number of benzene rings is 4. The molecule has 0 aromatic heterocycles. The maximum atomic E-state index is 14.3. The van der Waals surface area contributed by atoms with E-state index in [-0.39, 0.29) is 24.2 Å². The highest BCUT2D eigenvalue weighted by molar-refractivity contribution is 6.30. The Morgan fingerprint density at radius 1 is 0.744 bits per heavy atom. The predicted octanol–water partition coefficient (Wildman–Crippen LogP) is 7.03. The van der Waals surface area contributed by atoms with Crippen LogP contribution in [-0.2, 0) is 22.6 Å². The van der Waals surface area contributed by atoms with Crippen LogP contribution in [0.25, 0.3) is 0 Å². The molecule has 4 aromatic carbocycles. The molecule has 0 unspecified atom stereocenters. The quantitative estimate of drug-likeness (QED) is 0.210. The average Bonchev–Trinajstić information content (AvgIpc) is 2.98. The first-order valence-electron chi connectivity index (χ1n) is 13.5. The Bertz CT molecular complexity index is 1270. The van der Waals surface area contributed by atoms with Crippen molar-refractivity contribution in [2.45, 2.75) is 44.7 Å². The van der Waals surface area contributed by atoms with Crippen LogP contribution in [0, 0.1) is 0 Å². The van der Waals surface area contributed by atoms with Gasteiger partial charge in [-0.3, -0.25) is 9.59 Å². The molecule has 0 radical (unpaired) electrons. The highest BCUT2D eigenvalue weighted by Gasteiger charge is 2.32. The summed E-state index contributed by atoms with van der Waals surface area (Å²) in [6.07, 6.45) is 1.49.